The minimum Gasteiger partial charge on any atom is -0.337 e. The number of halogens is 3. The molecule has 1 amide bonds. The highest BCUT2D eigenvalue weighted by molar-refractivity contribution is 7.17. The number of nitrogens with zero attached hydrogens (tertiary/aromatic N) is 2. The molecular weight excluding hydrogens is 349 g/mol. The van der Waals surface area contributed by atoms with Gasteiger partial charge >= 0.3 is 0 Å². The molecule has 1 aliphatic heterocycles. The molecule has 1 saturated heterocycles. The molecule has 134 valence electrons. The van der Waals surface area contributed by atoms with E-state index in [0.717, 1.165) is 10.4 Å². The molecule has 0 aliphatic carbocycles. The van der Waals surface area contributed by atoms with Crippen molar-refractivity contribution in [3.05, 3.63) is 47.1 Å². The molecule has 25 heavy (non-hydrogen) atoms. The number of benzene rings is 1. The second-order valence-electron chi connectivity index (χ2n) is 6.01. The lowest BCUT2D eigenvalue weighted by atomic mass is 10.2. The molecule has 3 nitrogen and oxygen atoms in total. The van der Waals surface area contributed by atoms with Crippen molar-refractivity contribution in [1.82, 2.24) is 9.80 Å². The summed E-state index contributed by atoms with van der Waals surface area (Å²) in [6, 6.07) is 9.78. The summed E-state index contributed by atoms with van der Waals surface area (Å²) in [4.78, 5) is 17.6. The topological polar surface area (TPSA) is 23.6 Å². The Morgan fingerprint density at radius 3 is 2.52 bits per heavy atom. The molecule has 2 aromatic rings. The maximum absolute atomic E-state index is 13.0. The monoisotopic (exact) mass is 368 g/mol. The van der Waals surface area contributed by atoms with E-state index in [1.54, 1.807) is 28.0 Å². The van der Waals surface area contributed by atoms with Gasteiger partial charge in [0.1, 0.15) is 5.82 Å². The van der Waals surface area contributed by atoms with Crippen LogP contribution in [0.3, 0.4) is 0 Å². The maximum atomic E-state index is 13.0. The number of amides is 1. The highest BCUT2D eigenvalue weighted by atomic mass is 32.1. The third-order valence-corrected chi connectivity index (χ3v) is 5.34. The average Bonchev–Trinajstić information content (AvgIpc) is 2.96. The molecule has 7 heteroatoms. The number of carbonyl (C=O) groups excluding carboxylic acids is 1. The lowest BCUT2D eigenvalue weighted by molar-refractivity contribution is 0.0747. The molecule has 0 bridgehead atoms. The predicted octanol–water partition coefficient (Wildman–Crippen LogP) is 3.97. The Morgan fingerprint density at radius 1 is 1.04 bits per heavy atom. The van der Waals surface area contributed by atoms with Crippen LogP contribution in [0.15, 0.2) is 36.4 Å². The van der Waals surface area contributed by atoms with Crippen LogP contribution in [0.4, 0.5) is 13.2 Å². The van der Waals surface area contributed by atoms with Gasteiger partial charge in [-0.15, -0.1) is 11.3 Å². The lowest BCUT2D eigenvalue weighted by Crippen LogP contribution is -2.36. The van der Waals surface area contributed by atoms with Crippen molar-refractivity contribution < 1.29 is 18.0 Å². The summed E-state index contributed by atoms with van der Waals surface area (Å²) in [7, 11) is 0. The first-order valence-corrected chi connectivity index (χ1v) is 9.00. The van der Waals surface area contributed by atoms with E-state index in [0.29, 0.717) is 37.5 Å². The zero-order valence-corrected chi connectivity index (χ0v) is 14.4. The maximum Gasteiger partial charge on any atom is 0.263 e. The lowest BCUT2D eigenvalue weighted by Gasteiger charge is -2.21. The Balaban J connectivity index is 1.66. The van der Waals surface area contributed by atoms with E-state index < -0.39 is 6.43 Å². The Morgan fingerprint density at radius 2 is 1.80 bits per heavy atom. The molecule has 3 rings (SSSR count). The van der Waals surface area contributed by atoms with Crippen LogP contribution in [0.5, 0.6) is 0 Å². The van der Waals surface area contributed by atoms with Gasteiger partial charge < -0.3 is 4.90 Å². The van der Waals surface area contributed by atoms with Gasteiger partial charge in [-0.2, -0.15) is 0 Å². The first-order valence-electron chi connectivity index (χ1n) is 8.18. The summed E-state index contributed by atoms with van der Waals surface area (Å²) in [6.45, 7) is 1.83. The second kappa shape index (κ2) is 8.01. The molecule has 1 fully saturated rings. The molecule has 0 radical (unpaired) electrons. The summed E-state index contributed by atoms with van der Waals surface area (Å²) in [6.07, 6.45) is -1.66. The van der Waals surface area contributed by atoms with Crippen molar-refractivity contribution in [2.45, 2.75) is 12.8 Å². The van der Waals surface area contributed by atoms with Gasteiger partial charge in [0.15, 0.2) is 0 Å². The standard InChI is InChI=1S/C18H19F3N2OS/c19-14-4-2-13(3-5-14)15-6-7-16(25-15)18(24)23-9-1-8-22(10-11-23)12-17(20)21/h2-7,17H,1,8-12H2. The number of hydrogen-bond donors (Lipinski definition) is 0. The highest BCUT2D eigenvalue weighted by Gasteiger charge is 2.23. The molecule has 1 aromatic carbocycles. The molecule has 0 saturated carbocycles. The molecule has 1 aliphatic rings. The van der Waals surface area contributed by atoms with E-state index >= 15 is 0 Å². The molecule has 1 aromatic heterocycles. The highest BCUT2D eigenvalue weighted by Crippen LogP contribution is 2.29. The van der Waals surface area contributed by atoms with Gasteiger partial charge in [0.25, 0.3) is 12.3 Å². The second-order valence-corrected chi connectivity index (χ2v) is 7.09. The fraction of sp³-hybridized carbons (Fsp3) is 0.389. The van der Waals surface area contributed by atoms with E-state index in [1.807, 2.05) is 6.07 Å². The van der Waals surface area contributed by atoms with Gasteiger partial charge in [-0.3, -0.25) is 9.69 Å². The molecule has 0 atom stereocenters. The Labute approximate surface area is 148 Å². The molecule has 2 heterocycles. The number of alkyl halides is 2. The van der Waals surface area contributed by atoms with Gasteiger partial charge in [-0.05, 0) is 36.2 Å². The van der Waals surface area contributed by atoms with Crippen LogP contribution < -0.4 is 0 Å². The minimum absolute atomic E-state index is 0.0720. The van der Waals surface area contributed by atoms with Crippen molar-refractivity contribution in [2.75, 3.05) is 32.7 Å². The Hall–Kier alpha value is -1.86. The van der Waals surface area contributed by atoms with Crippen LogP contribution in [0.25, 0.3) is 10.4 Å². The van der Waals surface area contributed by atoms with Crippen LogP contribution in [0.2, 0.25) is 0 Å². The zero-order chi connectivity index (χ0) is 17.8. The average molecular weight is 368 g/mol. The van der Waals surface area contributed by atoms with Crippen LogP contribution in [-0.2, 0) is 0 Å². The normalized spacial score (nSPS) is 16.2. The number of rotatable bonds is 4. The van der Waals surface area contributed by atoms with Crippen LogP contribution >= 0.6 is 11.3 Å². The van der Waals surface area contributed by atoms with Gasteiger partial charge in [-0.1, -0.05) is 12.1 Å². The van der Waals surface area contributed by atoms with Gasteiger partial charge in [0, 0.05) is 31.1 Å². The van der Waals surface area contributed by atoms with Crippen molar-refractivity contribution in [3.8, 4) is 10.4 Å². The summed E-state index contributed by atoms with van der Waals surface area (Å²) in [5.74, 6) is -0.369. The Bertz CT molecular complexity index is 717. The minimum atomic E-state index is -2.35. The fourth-order valence-corrected chi connectivity index (χ4v) is 3.91. The molecule has 0 spiro atoms. The van der Waals surface area contributed by atoms with Crippen molar-refractivity contribution in [1.29, 1.82) is 0 Å². The smallest absolute Gasteiger partial charge is 0.263 e. The quantitative estimate of drug-likeness (QED) is 0.815. The van der Waals surface area contributed by atoms with Crippen LogP contribution in [0.1, 0.15) is 16.1 Å². The summed E-state index contributed by atoms with van der Waals surface area (Å²) < 4.78 is 38.1. The van der Waals surface area contributed by atoms with Crippen LogP contribution in [0, 0.1) is 5.82 Å². The van der Waals surface area contributed by atoms with E-state index in [-0.39, 0.29) is 18.3 Å². The molecular formula is C18H19F3N2OS. The van der Waals surface area contributed by atoms with Gasteiger partial charge in [0.2, 0.25) is 0 Å². The van der Waals surface area contributed by atoms with Crippen molar-refractivity contribution in [2.24, 2.45) is 0 Å². The molecule has 0 N–H and O–H groups in total. The summed E-state index contributed by atoms with van der Waals surface area (Å²) in [5, 5.41) is 0. The molecule has 0 unspecified atom stereocenters. The van der Waals surface area contributed by atoms with Crippen molar-refractivity contribution in [3.63, 3.8) is 0 Å². The first kappa shape index (κ1) is 17.9. The van der Waals surface area contributed by atoms with E-state index in [9.17, 15) is 18.0 Å². The predicted molar refractivity (Wildman–Crippen MR) is 92.7 cm³/mol. The summed E-state index contributed by atoms with van der Waals surface area (Å²) in [5.41, 5.74) is 0.865. The van der Waals surface area contributed by atoms with Gasteiger partial charge in [-0.25, -0.2) is 13.2 Å². The van der Waals surface area contributed by atoms with E-state index in [2.05, 4.69) is 0 Å². The number of hydrogen-bond acceptors (Lipinski definition) is 3. The fourth-order valence-electron chi connectivity index (χ4n) is 2.93. The third kappa shape index (κ3) is 4.61. The van der Waals surface area contributed by atoms with Gasteiger partial charge in [0.05, 0.1) is 11.4 Å². The Kier molecular flexibility index (Phi) is 5.75. The van der Waals surface area contributed by atoms with E-state index in [1.165, 1.54) is 23.5 Å². The van der Waals surface area contributed by atoms with E-state index in [4.69, 9.17) is 0 Å². The number of thiophene rings is 1. The number of carbonyl (C=O) groups is 1. The zero-order valence-electron chi connectivity index (χ0n) is 13.6. The first-order chi connectivity index (χ1) is 12.0. The van der Waals surface area contributed by atoms with Crippen molar-refractivity contribution >= 4 is 17.2 Å². The third-order valence-electron chi connectivity index (χ3n) is 4.22. The largest absolute Gasteiger partial charge is 0.337 e. The summed E-state index contributed by atoms with van der Waals surface area (Å²) >= 11 is 1.36. The SMILES string of the molecule is O=C(c1ccc(-c2ccc(F)cc2)s1)N1CCCN(CC(F)F)CC1. The van der Waals surface area contributed by atoms with Crippen LogP contribution in [-0.4, -0.2) is 54.9 Å².